The number of hydrogen-bond acceptors (Lipinski definition) is 11. The Balaban J connectivity index is 2.61. The summed E-state index contributed by atoms with van der Waals surface area (Å²) in [5.74, 6) is -0.716. The maximum absolute atomic E-state index is 13.1. The molecule has 0 aliphatic carbocycles. The lowest BCUT2D eigenvalue weighted by Crippen LogP contribution is -2.61. The van der Waals surface area contributed by atoms with Gasteiger partial charge in [0.1, 0.15) is 30.5 Å². The van der Waals surface area contributed by atoms with E-state index in [4.69, 9.17) is 9.47 Å². The highest BCUT2D eigenvalue weighted by Crippen LogP contribution is 2.26. The van der Waals surface area contributed by atoms with Crippen LogP contribution in [0.1, 0.15) is 187 Å². The number of ether oxygens (including phenoxy) is 2. The highest BCUT2D eigenvalue weighted by atomic mass is 32.3. The van der Waals surface area contributed by atoms with E-state index in [1.54, 1.807) is 6.08 Å². The normalized spacial score (nSPS) is 21.6. The average molecular weight is 876 g/mol. The molecular formula is C46H85NO12S. The number of rotatable bonds is 39. The van der Waals surface area contributed by atoms with Gasteiger partial charge in [0, 0.05) is 0 Å². The summed E-state index contributed by atoms with van der Waals surface area (Å²) in [7, 11) is -5.12. The molecule has 7 N–H and O–H groups in total. The third kappa shape index (κ3) is 28.8. The molecule has 13 nitrogen and oxygen atoms in total. The van der Waals surface area contributed by atoms with Crippen molar-refractivity contribution in [1.29, 1.82) is 0 Å². The van der Waals surface area contributed by atoms with Gasteiger partial charge in [-0.3, -0.25) is 9.35 Å². The number of amides is 1. The van der Waals surface area contributed by atoms with Crippen molar-refractivity contribution in [2.24, 2.45) is 0 Å². The second-order valence-corrected chi connectivity index (χ2v) is 17.5. The molecule has 352 valence electrons. The zero-order valence-electron chi connectivity index (χ0n) is 37.1. The van der Waals surface area contributed by atoms with Crippen molar-refractivity contribution in [1.82, 2.24) is 5.32 Å². The van der Waals surface area contributed by atoms with Gasteiger partial charge >= 0.3 is 10.4 Å². The molecule has 0 radical (unpaired) electrons. The van der Waals surface area contributed by atoms with Gasteiger partial charge in [0.05, 0.1) is 25.4 Å². The van der Waals surface area contributed by atoms with E-state index in [-0.39, 0.29) is 6.42 Å². The molecule has 1 rings (SSSR count). The van der Waals surface area contributed by atoms with Crippen molar-refractivity contribution in [3.05, 3.63) is 36.5 Å². The number of unbranched alkanes of at least 4 members (excludes halogenated alkanes) is 22. The Kier molecular flexibility index (Phi) is 34.5. The molecule has 1 heterocycles. The molecule has 1 saturated heterocycles. The summed E-state index contributed by atoms with van der Waals surface area (Å²) in [6.45, 7) is 3.18. The van der Waals surface area contributed by atoms with Gasteiger partial charge in [-0.25, -0.2) is 4.18 Å². The van der Waals surface area contributed by atoms with Crippen molar-refractivity contribution in [2.75, 3.05) is 13.2 Å². The van der Waals surface area contributed by atoms with Crippen LogP contribution >= 0.6 is 0 Å². The van der Waals surface area contributed by atoms with Gasteiger partial charge < -0.3 is 40.3 Å². The van der Waals surface area contributed by atoms with E-state index in [0.29, 0.717) is 12.8 Å². The van der Waals surface area contributed by atoms with Crippen molar-refractivity contribution in [3.8, 4) is 0 Å². The zero-order valence-corrected chi connectivity index (χ0v) is 37.9. The van der Waals surface area contributed by atoms with Gasteiger partial charge in [0.15, 0.2) is 6.29 Å². The average Bonchev–Trinajstić information content (AvgIpc) is 3.22. The standard InChI is InChI=1S/C46H85NO12S/c1-3-5-7-9-11-13-15-17-19-21-23-25-27-29-31-33-35-40(50)45(53)47-38(37-57-46-43(52)44(59-60(54,55)56)42(51)41(36-48)58-46)39(49)34-32-30-28-26-24-22-20-18-16-14-12-10-8-6-4-2/h16,18,24,26,32,34,38-44,46,48-52H,3-15,17,19-23,25,27-31,33,35-37H2,1-2H3,(H,47,53)(H,54,55,56)/b18-16+,26-24+,34-32+. The molecule has 8 atom stereocenters. The first-order valence-corrected chi connectivity index (χ1v) is 24.8. The van der Waals surface area contributed by atoms with Crippen LogP contribution in [-0.4, -0.2) is 107 Å². The Morgan fingerprint density at radius 1 is 0.667 bits per heavy atom. The molecule has 8 unspecified atom stereocenters. The van der Waals surface area contributed by atoms with Gasteiger partial charge in [-0.05, 0) is 44.9 Å². The molecule has 0 bridgehead atoms. The first kappa shape index (κ1) is 56.3. The first-order chi connectivity index (χ1) is 28.9. The highest BCUT2D eigenvalue weighted by Gasteiger charge is 2.48. The van der Waals surface area contributed by atoms with Crippen molar-refractivity contribution in [2.45, 2.75) is 236 Å². The summed E-state index contributed by atoms with van der Waals surface area (Å²) < 4.78 is 47.5. The topological polar surface area (TPSA) is 212 Å². The van der Waals surface area contributed by atoms with E-state index in [1.807, 2.05) is 0 Å². The van der Waals surface area contributed by atoms with Crippen LogP contribution in [0.4, 0.5) is 0 Å². The molecule has 1 aliphatic rings. The maximum atomic E-state index is 13.1. The molecule has 1 fully saturated rings. The van der Waals surface area contributed by atoms with E-state index in [2.05, 4.69) is 47.7 Å². The fourth-order valence-corrected chi connectivity index (χ4v) is 7.77. The summed E-state index contributed by atoms with van der Waals surface area (Å²) in [6.07, 6.45) is 30.8. The van der Waals surface area contributed by atoms with Crippen LogP contribution in [-0.2, 0) is 28.9 Å². The molecular weight excluding hydrogens is 791 g/mol. The highest BCUT2D eigenvalue weighted by molar-refractivity contribution is 7.80. The molecule has 60 heavy (non-hydrogen) atoms. The molecule has 0 aromatic carbocycles. The predicted octanol–water partition coefficient (Wildman–Crippen LogP) is 8.08. The van der Waals surface area contributed by atoms with Crippen molar-refractivity contribution in [3.63, 3.8) is 0 Å². The van der Waals surface area contributed by atoms with Crippen LogP contribution in [0.15, 0.2) is 36.5 Å². The zero-order chi connectivity index (χ0) is 44.3. The number of nitrogens with one attached hydrogen (secondary N) is 1. The Bertz CT molecular complexity index is 1230. The summed E-state index contributed by atoms with van der Waals surface area (Å²) in [6, 6.07) is -1.14. The fourth-order valence-electron chi connectivity index (χ4n) is 7.26. The van der Waals surface area contributed by atoms with E-state index < -0.39 is 78.5 Å². The third-order valence-electron chi connectivity index (χ3n) is 11.0. The van der Waals surface area contributed by atoms with Crippen LogP contribution in [0.25, 0.3) is 0 Å². The second kappa shape index (κ2) is 36.7. The lowest BCUT2D eigenvalue weighted by molar-refractivity contribution is -0.298. The van der Waals surface area contributed by atoms with Crippen molar-refractivity contribution >= 4 is 16.3 Å². The minimum atomic E-state index is -5.12. The number of aliphatic hydroxyl groups is 5. The number of carbonyl (C=O) groups is 1. The Hall–Kier alpha value is -1.72. The monoisotopic (exact) mass is 876 g/mol. The summed E-state index contributed by atoms with van der Waals surface area (Å²) >= 11 is 0. The first-order valence-electron chi connectivity index (χ1n) is 23.5. The van der Waals surface area contributed by atoms with Gasteiger partial charge in [0.25, 0.3) is 0 Å². The summed E-state index contributed by atoms with van der Waals surface area (Å²) in [5.41, 5.74) is 0. The Morgan fingerprint density at radius 3 is 1.60 bits per heavy atom. The van der Waals surface area contributed by atoms with E-state index >= 15 is 0 Å². The third-order valence-corrected chi connectivity index (χ3v) is 11.5. The molecule has 1 amide bonds. The lowest BCUT2D eigenvalue weighted by atomic mass is 9.99. The van der Waals surface area contributed by atoms with Gasteiger partial charge in [-0.15, -0.1) is 0 Å². The van der Waals surface area contributed by atoms with Gasteiger partial charge in [0.2, 0.25) is 5.91 Å². The quantitative estimate of drug-likeness (QED) is 0.0178. The SMILES string of the molecule is CCCCCCC/C=C/CC/C=C/CC/C=C/C(O)C(COC1OC(CO)C(O)C(OS(=O)(=O)O)C1O)NC(=O)C(O)CCCCCCCCCCCCCCCCCC. The molecule has 0 saturated carbocycles. The van der Waals surface area contributed by atoms with Crippen molar-refractivity contribution < 1.29 is 57.0 Å². The minimum Gasteiger partial charge on any atom is -0.394 e. The van der Waals surface area contributed by atoms with E-state index in [9.17, 15) is 43.3 Å². The van der Waals surface area contributed by atoms with E-state index in [1.165, 1.54) is 115 Å². The van der Waals surface area contributed by atoms with E-state index in [0.717, 1.165) is 44.9 Å². The molecule has 14 heteroatoms. The number of aliphatic hydroxyl groups excluding tert-OH is 5. The lowest BCUT2D eigenvalue weighted by Gasteiger charge is -2.41. The van der Waals surface area contributed by atoms with Crippen LogP contribution in [0, 0.1) is 0 Å². The van der Waals surface area contributed by atoms with Crippen LogP contribution < -0.4 is 5.32 Å². The smallest absolute Gasteiger partial charge is 0.394 e. The van der Waals surface area contributed by atoms with Gasteiger partial charge in [-0.2, -0.15) is 8.42 Å². The summed E-state index contributed by atoms with van der Waals surface area (Å²) in [4.78, 5) is 13.1. The number of carbonyl (C=O) groups excluding carboxylic acids is 1. The van der Waals surface area contributed by atoms with Crippen LogP contribution in [0.5, 0.6) is 0 Å². The summed E-state index contributed by atoms with van der Waals surface area (Å²) in [5, 5.41) is 55.2. The minimum absolute atomic E-state index is 0.236. The fraction of sp³-hybridized carbons (Fsp3) is 0.848. The maximum Gasteiger partial charge on any atom is 0.397 e. The molecule has 0 aromatic heterocycles. The Labute approximate surface area is 363 Å². The predicted molar refractivity (Wildman–Crippen MR) is 238 cm³/mol. The largest absolute Gasteiger partial charge is 0.397 e. The Morgan fingerprint density at radius 2 is 1.12 bits per heavy atom. The van der Waals surface area contributed by atoms with Crippen LogP contribution in [0.2, 0.25) is 0 Å². The van der Waals surface area contributed by atoms with Crippen LogP contribution in [0.3, 0.4) is 0 Å². The molecule has 1 aliphatic heterocycles. The molecule has 0 aromatic rings. The second-order valence-electron chi connectivity index (χ2n) is 16.5. The van der Waals surface area contributed by atoms with Gasteiger partial charge in [-0.1, -0.05) is 179 Å². The molecule has 0 spiro atoms. The number of hydrogen-bond donors (Lipinski definition) is 7. The number of allylic oxidation sites excluding steroid dienone is 5.